The van der Waals surface area contributed by atoms with Gasteiger partial charge in [-0.3, -0.25) is 4.79 Å². The van der Waals surface area contributed by atoms with Gasteiger partial charge in [0.25, 0.3) is 0 Å². The number of H-pyrrole nitrogens is 1. The second-order valence-corrected chi connectivity index (χ2v) is 5.15. The lowest BCUT2D eigenvalue weighted by molar-refractivity contribution is -0.117. The maximum atomic E-state index is 12.2. The summed E-state index contributed by atoms with van der Waals surface area (Å²) in [6.45, 7) is 0. The van der Waals surface area contributed by atoms with Gasteiger partial charge < -0.3 is 15.6 Å². The Balaban J connectivity index is 1.64. The topological polar surface area (TPSA) is 69.8 Å². The lowest BCUT2D eigenvalue weighted by atomic mass is 10.0. The molecule has 0 bridgehead atoms. The van der Waals surface area contributed by atoms with Gasteiger partial charge in [-0.1, -0.05) is 18.2 Å². The first-order valence-corrected chi connectivity index (χ1v) is 6.89. The van der Waals surface area contributed by atoms with E-state index >= 15 is 0 Å². The molecule has 3 N–H and O–H groups in total. The lowest BCUT2D eigenvalue weighted by Gasteiger charge is -2.25. The van der Waals surface area contributed by atoms with Crippen LogP contribution in [0.2, 0.25) is 0 Å². The molecule has 104 valence electrons. The van der Waals surface area contributed by atoms with Gasteiger partial charge in [0.05, 0.1) is 5.69 Å². The number of hydrogen-bond donors (Lipinski definition) is 3. The Bertz CT molecular complexity index is 824. The minimum Gasteiger partial charge on any atom is -0.370 e. The van der Waals surface area contributed by atoms with Crippen molar-refractivity contribution in [3.63, 3.8) is 0 Å². The molecule has 3 heterocycles. The molecule has 1 aromatic carbocycles. The molecule has 5 heteroatoms. The fourth-order valence-corrected chi connectivity index (χ4v) is 2.74. The Morgan fingerprint density at radius 2 is 2.05 bits per heavy atom. The molecule has 1 unspecified atom stereocenters. The smallest absolute Gasteiger partial charge is 0.248 e. The molecule has 0 saturated carbocycles. The highest BCUT2D eigenvalue weighted by molar-refractivity contribution is 6.02. The van der Waals surface area contributed by atoms with Gasteiger partial charge in [-0.25, -0.2) is 4.98 Å². The van der Waals surface area contributed by atoms with Gasteiger partial charge >= 0.3 is 0 Å². The third-order valence-corrected chi connectivity index (χ3v) is 3.79. The van der Waals surface area contributed by atoms with Crippen LogP contribution in [0.15, 0.2) is 48.8 Å². The first-order valence-electron chi connectivity index (χ1n) is 6.89. The van der Waals surface area contributed by atoms with Crippen molar-refractivity contribution in [1.29, 1.82) is 0 Å². The number of para-hydroxylation sites is 1. The zero-order valence-corrected chi connectivity index (χ0v) is 11.3. The number of nitrogens with zero attached hydrogens (tertiary/aromatic N) is 1. The summed E-state index contributed by atoms with van der Waals surface area (Å²) in [6.07, 6.45) is 4.27. The highest BCUT2D eigenvalue weighted by Crippen LogP contribution is 2.26. The Morgan fingerprint density at radius 1 is 1.14 bits per heavy atom. The van der Waals surface area contributed by atoms with E-state index in [1.54, 1.807) is 6.20 Å². The maximum Gasteiger partial charge on any atom is 0.248 e. The Labute approximate surface area is 121 Å². The second kappa shape index (κ2) is 4.63. The predicted molar refractivity (Wildman–Crippen MR) is 82.3 cm³/mol. The highest BCUT2D eigenvalue weighted by Gasteiger charge is 2.26. The monoisotopic (exact) mass is 278 g/mol. The molecule has 1 atom stereocenters. The third-order valence-electron chi connectivity index (χ3n) is 3.79. The van der Waals surface area contributed by atoms with Crippen molar-refractivity contribution in [2.45, 2.75) is 12.5 Å². The summed E-state index contributed by atoms with van der Waals surface area (Å²) >= 11 is 0. The van der Waals surface area contributed by atoms with Crippen molar-refractivity contribution >= 4 is 28.3 Å². The van der Waals surface area contributed by atoms with Crippen molar-refractivity contribution in [3.8, 4) is 0 Å². The van der Waals surface area contributed by atoms with Crippen LogP contribution in [0.3, 0.4) is 0 Å². The number of benzene rings is 1. The number of carbonyl (C=O) groups excluding carboxylic acids is 1. The number of hydrogen-bond acceptors (Lipinski definition) is 3. The van der Waals surface area contributed by atoms with Crippen LogP contribution in [0.5, 0.6) is 0 Å². The van der Waals surface area contributed by atoms with Crippen LogP contribution in [0.1, 0.15) is 5.56 Å². The van der Waals surface area contributed by atoms with Crippen LogP contribution < -0.4 is 10.6 Å². The predicted octanol–water partition coefficient (Wildman–Crippen LogP) is 2.54. The zero-order valence-electron chi connectivity index (χ0n) is 11.3. The maximum absolute atomic E-state index is 12.2. The van der Waals surface area contributed by atoms with Crippen LogP contribution in [-0.4, -0.2) is 21.9 Å². The number of carbonyl (C=O) groups is 1. The lowest BCUT2D eigenvalue weighted by Crippen LogP contribution is -2.40. The molecule has 0 radical (unpaired) electrons. The molecule has 3 aromatic rings. The third kappa shape index (κ3) is 2.03. The van der Waals surface area contributed by atoms with Crippen LogP contribution in [0.25, 0.3) is 10.9 Å². The van der Waals surface area contributed by atoms with Crippen molar-refractivity contribution in [1.82, 2.24) is 9.97 Å². The van der Waals surface area contributed by atoms with E-state index in [4.69, 9.17) is 0 Å². The molecule has 0 saturated heterocycles. The molecular weight excluding hydrogens is 264 g/mol. The van der Waals surface area contributed by atoms with Gasteiger partial charge in [-0.15, -0.1) is 0 Å². The summed E-state index contributed by atoms with van der Waals surface area (Å²) in [4.78, 5) is 19.6. The number of aromatic nitrogens is 2. The van der Waals surface area contributed by atoms with E-state index in [2.05, 4.69) is 26.7 Å². The van der Waals surface area contributed by atoms with E-state index < -0.39 is 0 Å². The number of aromatic amines is 1. The average Bonchev–Trinajstić information content (AvgIpc) is 2.91. The summed E-state index contributed by atoms with van der Waals surface area (Å²) in [7, 11) is 0. The molecule has 0 aliphatic carbocycles. The molecule has 0 spiro atoms. The number of fused-ring (bicyclic) bond motifs is 2. The molecule has 21 heavy (non-hydrogen) atoms. The van der Waals surface area contributed by atoms with E-state index in [1.165, 1.54) is 0 Å². The number of anilines is 2. The second-order valence-electron chi connectivity index (χ2n) is 5.15. The standard InChI is InChI=1S/C16H14N4O/c21-16-14(19-13-6-3-7-17-15(13)20-16)8-10-9-18-12-5-2-1-4-11(10)12/h1-7,9,14,18-19H,8H2,(H,17,20,21). The molecule has 1 aliphatic rings. The van der Waals surface area contributed by atoms with E-state index in [1.807, 2.05) is 36.5 Å². The van der Waals surface area contributed by atoms with E-state index in [0.29, 0.717) is 12.2 Å². The van der Waals surface area contributed by atoms with Crippen molar-refractivity contribution in [3.05, 3.63) is 54.4 Å². The van der Waals surface area contributed by atoms with E-state index in [0.717, 1.165) is 22.2 Å². The minimum atomic E-state index is -0.291. The number of rotatable bonds is 2. The largest absolute Gasteiger partial charge is 0.370 e. The Hall–Kier alpha value is -2.82. The molecule has 2 aromatic heterocycles. The molecule has 1 amide bonds. The van der Waals surface area contributed by atoms with Gasteiger partial charge in [-0.2, -0.15) is 0 Å². The van der Waals surface area contributed by atoms with Crippen molar-refractivity contribution < 1.29 is 4.79 Å². The van der Waals surface area contributed by atoms with Gasteiger partial charge in [0.15, 0.2) is 5.82 Å². The minimum absolute atomic E-state index is 0.0496. The summed E-state index contributed by atoms with van der Waals surface area (Å²) in [6, 6.07) is 11.6. The van der Waals surface area contributed by atoms with Crippen molar-refractivity contribution in [2.24, 2.45) is 0 Å². The van der Waals surface area contributed by atoms with Crippen molar-refractivity contribution in [2.75, 3.05) is 10.6 Å². The summed E-state index contributed by atoms with van der Waals surface area (Å²) in [5.41, 5.74) is 3.08. The molecular formula is C16H14N4O. The van der Waals surface area contributed by atoms with Gasteiger partial charge in [0.1, 0.15) is 6.04 Å². The van der Waals surface area contributed by atoms with Crippen LogP contribution in [0, 0.1) is 0 Å². The fraction of sp³-hybridized carbons (Fsp3) is 0.125. The first-order chi connectivity index (χ1) is 10.3. The number of amides is 1. The number of nitrogens with one attached hydrogen (secondary N) is 3. The average molecular weight is 278 g/mol. The number of pyridine rings is 1. The summed E-state index contributed by atoms with van der Waals surface area (Å²) in [5.74, 6) is 0.546. The normalized spacial score (nSPS) is 17.1. The fourth-order valence-electron chi connectivity index (χ4n) is 2.74. The SMILES string of the molecule is O=C1Nc2ncccc2NC1Cc1c[nH]c2ccccc12. The van der Waals surface area contributed by atoms with Gasteiger partial charge in [-0.05, 0) is 23.8 Å². The van der Waals surface area contributed by atoms with Crippen LogP contribution >= 0.6 is 0 Å². The summed E-state index contributed by atoms with van der Waals surface area (Å²) in [5, 5.41) is 7.27. The quantitative estimate of drug-likeness (QED) is 0.674. The van der Waals surface area contributed by atoms with Crippen LogP contribution in [0.4, 0.5) is 11.5 Å². The zero-order chi connectivity index (χ0) is 14.2. The molecule has 0 fully saturated rings. The Morgan fingerprint density at radius 3 is 3.00 bits per heavy atom. The molecule has 1 aliphatic heterocycles. The highest BCUT2D eigenvalue weighted by atomic mass is 16.2. The first kappa shape index (κ1) is 12.0. The summed E-state index contributed by atoms with van der Waals surface area (Å²) < 4.78 is 0. The van der Waals surface area contributed by atoms with Gasteiger partial charge in [0.2, 0.25) is 5.91 Å². The Kier molecular flexibility index (Phi) is 2.64. The molecule has 5 nitrogen and oxygen atoms in total. The van der Waals surface area contributed by atoms with E-state index in [9.17, 15) is 4.79 Å². The van der Waals surface area contributed by atoms with Crippen LogP contribution in [-0.2, 0) is 11.2 Å². The van der Waals surface area contributed by atoms with E-state index in [-0.39, 0.29) is 11.9 Å². The molecule has 4 rings (SSSR count). The van der Waals surface area contributed by atoms with Gasteiger partial charge in [0, 0.05) is 29.7 Å².